The van der Waals surface area contributed by atoms with E-state index in [4.69, 9.17) is 4.74 Å². The fraction of sp³-hybridized carbons (Fsp3) is 0.350. The van der Waals surface area contributed by atoms with Crippen molar-refractivity contribution in [2.45, 2.75) is 45.1 Å². The Morgan fingerprint density at radius 1 is 1.12 bits per heavy atom. The van der Waals surface area contributed by atoms with Crippen molar-refractivity contribution in [2.24, 2.45) is 0 Å². The lowest BCUT2D eigenvalue weighted by molar-refractivity contribution is -0.112. The molecule has 0 radical (unpaired) electrons. The van der Waals surface area contributed by atoms with E-state index in [0.29, 0.717) is 12.0 Å². The Labute approximate surface area is 147 Å². The molecule has 2 aromatic carbocycles. The molecule has 1 N–H and O–H groups in total. The number of carbonyl (C=O) groups is 1. The van der Waals surface area contributed by atoms with E-state index in [-0.39, 0.29) is 23.4 Å². The molecule has 3 rings (SSSR count). The molecule has 132 valence electrons. The van der Waals surface area contributed by atoms with E-state index < -0.39 is 6.23 Å². The summed E-state index contributed by atoms with van der Waals surface area (Å²) in [6.07, 6.45) is 0.198. The van der Waals surface area contributed by atoms with Gasteiger partial charge in [0, 0.05) is 12.0 Å². The van der Waals surface area contributed by atoms with Gasteiger partial charge in [-0.15, -0.1) is 0 Å². The molecule has 1 aliphatic heterocycles. The van der Waals surface area contributed by atoms with E-state index in [1.807, 2.05) is 39.0 Å². The summed E-state index contributed by atoms with van der Waals surface area (Å²) in [5.41, 5.74) is 4.36. The van der Waals surface area contributed by atoms with Crippen molar-refractivity contribution in [3.63, 3.8) is 0 Å². The second-order valence-corrected chi connectivity index (χ2v) is 7.19. The zero-order valence-corrected chi connectivity index (χ0v) is 14.7. The molecule has 4 nitrogen and oxygen atoms in total. The third-order valence-electron chi connectivity index (χ3n) is 4.02. The predicted octanol–water partition coefficient (Wildman–Crippen LogP) is 4.06. The second-order valence-electron chi connectivity index (χ2n) is 7.19. The molecular weight excluding hydrogens is 319 g/mol. The van der Waals surface area contributed by atoms with Gasteiger partial charge in [0.05, 0.1) is 11.6 Å². The fourth-order valence-corrected chi connectivity index (χ4v) is 2.93. The van der Waals surface area contributed by atoms with Crippen LogP contribution in [0.2, 0.25) is 0 Å². The summed E-state index contributed by atoms with van der Waals surface area (Å²) in [4.78, 5) is 12.9. The van der Waals surface area contributed by atoms with Gasteiger partial charge in [-0.25, -0.2) is 14.8 Å². The van der Waals surface area contributed by atoms with Gasteiger partial charge in [0.1, 0.15) is 12.0 Å². The van der Waals surface area contributed by atoms with Gasteiger partial charge in [0.15, 0.2) is 0 Å². The molecule has 2 aromatic rings. The van der Waals surface area contributed by atoms with Crippen molar-refractivity contribution in [3.8, 4) is 0 Å². The number of hydrogen-bond acceptors (Lipinski definition) is 3. The quantitative estimate of drug-likeness (QED) is 0.915. The summed E-state index contributed by atoms with van der Waals surface area (Å²) in [7, 11) is 0. The Kier molecular flexibility index (Phi) is 4.88. The molecule has 25 heavy (non-hydrogen) atoms. The van der Waals surface area contributed by atoms with Crippen LogP contribution in [0.4, 0.5) is 4.39 Å². The van der Waals surface area contributed by atoms with Crippen LogP contribution in [-0.2, 0) is 4.74 Å². The van der Waals surface area contributed by atoms with Gasteiger partial charge in [0.2, 0.25) is 0 Å². The monoisotopic (exact) mass is 342 g/mol. The molecule has 1 amide bonds. The van der Waals surface area contributed by atoms with Gasteiger partial charge in [-0.2, -0.15) is 0 Å². The zero-order chi connectivity index (χ0) is 18.0. The highest BCUT2D eigenvalue weighted by molar-refractivity contribution is 5.94. The number of rotatable bonds is 3. The third-order valence-corrected chi connectivity index (χ3v) is 4.02. The van der Waals surface area contributed by atoms with E-state index in [2.05, 4.69) is 5.43 Å². The Morgan fingerprint density at radius 2 is 1.76 bits per heavy atom. The molecule has 5 heteroatoms. The molecule has 0 bridgehead atoms. The second kappa shape index (κ2) is 6.94. The number of nitrogens with zero attached hydrogens (tertiary/aromatic N) is 1. The molecule has 0 unspecified atom stereocenters. The smallest absolute Gasteiger partial charge is 0.270 e. The van der Waals surface area contributed by atoms with Gasteiger partial charge >= 0.3 is 0 Å². The topological polar surface area (TPSA) is 41.6 Å². The lowest BCUT2D eigenvalue weighted by Crippen LogP contribution is -2.46. The molecule has 0 aliphatic carbocycles. The fourth-order valence-electron chi connectivity index (χ4n) is 2.93. The van der Waals surface area contributed by atoms with Crippen LogP contribution in [0.5, 0.6) is 0 Å². The van der Waals surface area contributed by atoms with Crippen LogP contribution in [0.1, 0.15) is 49.2 Å². The maximum absolute atomic E-state index is 13.2. The minimum absolute atomic E-state index is 0.111. The van der Waals surface area contributed by atoms with Crippen LogP contribution in [0, 0.1) is 5.82 Å². The normalized spacial score (nSPS) is 20.7. The van der Waals surface area contributed by atoms with Crippen LogP contribution < -0.4 is 5.43 Å². The number of halogens is 1. The number of amides is 1. The number of ether oxygens (including phenoxy) is 1. The van der Waals surface area contributed by atoms with E-state index >= 15 is 0 Å². The van der Waals surface area contributed by atoms with Crippen LogP contribution in [-0.4, -0.2) is 22.7 Å². The lowest BCUT2D eigenvalue weighted by atomic mass is 10.0. The van der Waals surface area contributed by atoms with E-state index in [1.54, 1.807) is 29.3 Å². The number of carbonyl (C=O) groups excluding carboxylic acids is 1. The van der Waals surface area contributed by atoms with Crippen molar-refractivity contribution in [2.75, 3.05) is 0 Å². The van der Waals surface area contributed by atoms with Gasteiger partial charge < -0.3 is 4.74 Å². The van der Waals surface area contributed by atoms with Crippen LogP contribution in [0.25, 0.3) is 0 Å². The standard InChI is InChI=1S/C20H23FN2O2/c1-20(2,3)25-18-13-17(14-9-11-16(21)12-10-14)22-23(18)19(24)15-7-5-4-6-8-15/h4-12,17-18,22H,13H2,1-3H3/t17-,18+/m0/s1. The first-order chi connectivity index (χ1) is 11.8. The van der Waals surface area contributed by atoms with Crippen molar-refractivity contribution >= 4 is 5.91 Å². The first-order valence-corrected chi connectivity index (χ1v) is 8.41. The summed E-state index contributed by atoms with van der Waals surface area (Å²) in [6.45, 7) is 5.89. The highest BCUT2D eigenvalue weighted by Crippen LogP contribution is 2.31. The molecular formula is C20H23FN2O2. The van der Waals surface area contributed by atoms with E-state index in [1.165, 1.54) is 12.1 Å². The highest BCUT2D eigenvalue weighted by atomic mass is 19.1. The molecule has 1 saturated heterocycles. The summed E-state index contributed by atoms with van der Waals surface area (Å²) in [5, 5.41) is 1.55. The van der Waals surface area contributed by atoms with E-state index in [0.717, 1.165) is 5.56 Å². The minimum Gasteiger partial charge on any atom is -0.351 e. The molecule has 0 saturated carbocycles. The molecule has 0 aromatic heterocycles. The van der Waals surface area contributed by atoms with Crippen molar-refractivity contribution in [1.82, 2.24) is 10.4 Å². The molecule has 2 atom stereocenters. The maximum Gasteiger partial charge on any atom is 0.270 e. The molecule has 1 aliphatic rings. The van der Waals surface area contributed by atoms with Crippen molar-refractivity contribution in [3.05, 3.63) is 71.5 Å². The Balaban J connectivity index is 1.85. The van der Waals surface area contributed by atoms with Crippen LogP contribution >= 0.6 is 0 Å². The largest absolute Gasteiger partial charge is 0.351 e. The van der Waals surface area contributed by atoms with Gasteiger partial charge in [-0.05, 0) is 50.6 Å². The molecule has 1 heterocycles. The van der Waals surface area contributed by atoms with Gasteiger partial charge in [0.25, 0.3) is 5.91 Å². The zero-order valence-electron chi connectivity index (χ0n) is 14.7. The van der Waals surface area contributed by atoms with Crippen molar-refractivity contribution < 1.29 is 13.9 Å². The maximum atomic E-state index is 13.2. The lowest BCUT2D eigenvalue weighted by Gasteiger charge is -2.30. The summed E-state index contributed by atoms with van der Waals surface area (Å²) >= 11 is 0. The summed E-state index contributed by atoms with van der Waals surface area (Å²) in [6, 6.07) is 15.3. The first kappa shape index (κ1) is 17.6. The number of hydrazine groups is 1. The Bertz CT molecular complexity index is 726. The molecule has 0 spiro atoms. The summed E-state index contributed by atoms with van der Waals surface area (Å²) in [5.74, 6) is -0.416. The number of nitrogens with one attached hydrogen (secondary N) is 1. The Morgan fingerprint density at radius 3 is 2.36 bits per heavy atom. The Hall–Kier alpha value is -2.24. The van der Waals surface area contributed by atoms with Crippen LogP contribution in [0.3, 0.4) is 0 Å². The SMILES string of the molecule is CC(C)(C)O[C@@H]1C[C@@H](c2ccc(F)cc2)NN1C(=O)c1ccccc1. The van der Waals surface area contributed by atoms with Crippen LogP contribution in [0.15, 0.2) is 54.6 Å². The van der Waals surface area contributed by atoms with Gasteiger partial charge in [-0.3, -0.25) is 4.79 Å². The number of benzene rings is 2. The van der Waals surface area contributed by atoms with Gasteiger partial charge in [-0.1, -0.05) is 30.3 Å². The average Bonchev–Trinajstić information content (AvgIpc) is 2.97. The van der Waals surface area contributed by atoms with E-state index in [9.17, 15) is 9.18 Å². The third kappa shape index (κ3) is 4.24. The predicted molar refractivity (Wildman–Crippen MR) is 94.1 cm³/mol. The van der Waals surface area contributed by atoms with Crippen molar-refractivity contribution in [1.29, 1.82) is 0 Å². The number of hydrogen-bond donors (Lipinski definition) is 1. The summed E-state index contributed by atoms with van der Waals surface area (Å²) < 4.78 is 19.3. The minimum atomic E-state index is -0.400. The molecule has 1 fully saturated rings. The average molecular weight is 342 g/mol. The highest BCUT2D eigenvalue weighted by Gasteiger charge is 2.38. The first-order valence-electron chi connectivity index (χ1n) is 8.41.